The highest BCUT2D eigenvalue weighted by Gasteiger charge is 2.27. The minimum atomic E-state index is -0.268. The van der Waals surface area contributed by atoms with Gasteiger partial charge in [-0.25, -0.2) is 0 Å². The summed E-state index contributed by atoms with van der Waals surface area (Å²) in [6.07, 6.45) is 6.63. The summed E-state index contributed by atoms with van der Waals surface area (Å²) in [5.41, 5.74) is 2.20. The number of amides is 2. The minimum Gasteiger partial charge on any atom is -0.487 e. The van der Waals surface area contributed by atoms with Crippen LogP contribution in [0.4, 0.5) is 5.69 Å². The zero-order valence-corrected chi connectivity index (χ0v) is 18.5. The fraction of sp³-hybridized carbons (Fsp3) is 0.565. The summed E-state index contributed by atoms with van der Waals surface area (Å²) < 4.78 is 5.43. The summed E-state index contributed by atoms with van der Waals surface area (Å²) in [5.74, 6) is 0.961. The molecule has 1 saturated heterocycles. The number of thioether (sulfide) groups is 1. The Balaban J connectivity index is 1.38. The van der Waals surface area contributed by atoms with Gasteiger partial charge < -0.3 is 15.0 Å². The van der Waals surface area contributed by atoms with E-state index in [9.17, 15) is 9.59 Å². The normalized spacial score (nSPS) is 21.0. The second-order valence-corrected chi connectivity index (χ2v) is 9.28. The largest absolute Gasteiger partial charge is 0.487 e. The lowest BCUT2D eigenvalue weighted by Crippen LogP contribution is -2.52. The molecule has 162 valence electrons. The van der Waals surface area contributed by atoms with Crippen LogP contribution < -0.4 is 5.32 Å². The van der Waals surface area contributed by atoms with Crippen LogP contribution in [0.5, 0.6) is 0 Å². The molecule has 2 fully saturated rings. The van der Waals surface area contributed by atoms with E-state index in [4.69, 9.17) is 4.74 Å². The molecule has 1 aliphatic carbocycles. The van der Waals surface area contributed by atoms with Gasteiger partial charge in [-0.15, -0.1) is 11.8 Å². The number of nitrogens with one attached hydrogen (secondary N) is 1. The van der Waals surface area contributed by atoms with Crippen LogP contribution >= 0.6 is 11.8 Å². The highest BCUT2D eigenvalue weighted by Crippen LogP contribution is 2.25. The van der Waals surface area contributed by atoms with E-state index in [1.54, 1.807) is 23.2 Å². The summed E-state index contributed by atoms with van der Waals surface area (Å²) in [5, 5.41) is 4.65. The molecule has 1 aromatic carbocycles. The lowest BCUT2D eigenvalue weighted by Gasteiger charge is -2.40. The zero-order valence-electron chi connectivity index (χ0n) is 17.7. The molecule has 4 rings (SSSR count). The third kappa shape index (κ3) is 5.01. The first-order valence-electron chi connectivity index (χ1n) is 11.0. The van der Waals surface area contributed by atoms with Crippen LogP contribution in [0.25, 0.3) is 0 Å². The number of benzene rings is 1. The Morgan fingerprint density at radius 3 is 2.57 bits per heavy atom. The molecule has 2 amide bonds. The van der Waals surface area contributed by atoms with Gasteiger partial charge in [0.2, 0.25) is 0 Å². The molecule has 7 heteroatoms. The molecule has 1 saturated carbocycles. The Morgan fingerprint density at radius 2 is 1.87 bits per heavy atom. The number of nitrogens with zero attached hydrogens (tertiary/aromatic N) is 2. The molecule has 0 spiro atoms. The van der Waals surface area contributed by atoms with Gasteiger partial charge in [-0.2, -0.15) is 0 Å². The number of anilines is 1. The maximum Gasteiger partial charge on any atom is 0.291 e. The molecule has 3 aliphatic rings. The van der Waals surface area contributed by atoms with Crippen molar-refractivity contribution >= 4 is 29.3 Å². The van der Waals surface area contributed by atoms with E-state index in [1.807, 2.05) is 24.0 Å². The Morgan fingerprint density at radius 1 is 1.10 bits per heavy atom. The second-order valence-electron chi connectivity index (χ2n) is 8.31. The van der Waals surface area contributed by atoms with Gasteiger partial charge in [0.25, 0.3) is 11.8 Å². The number of carbonyl (C=O) groups excluding carboxylic acids is 2. The molecule has 0 aromatic heterocycles. The predicted molar refractivity (Wildman–Crippen MR) is 121 cm³/mol. The van der Waals surface area contributed by atoms with Crippen molar-refractivity contribution in [2.75, 3.05) is 43.9 Å². The molecule has 6 nitrogen and oxygen atoms in total. The molecule has 2 aliphatic heterocycles. The Labute approximate surface area is 183 Å². The lowest BCUT2D eigenvalue weighted by atomic mass is 9.94. The Hall–Kier alpha value is -1.99. The third-order valence-corrected chi connectivity index (χ3v) is 7.08. The van der Waals surface area contributed by atoms with Crippen molar-refractivity contribution in [1.29, 1.82) is 0 Å². The van der Waals surface area contributed by atoms with Gasteiger partial charge in [-0.05, 0) is 37.5 Å². The number of hydrogen-bond acceptors (Lipinski definition) is 5. The monoisotopic (exact) mass is 429 g/mol. The van der Waals surface area contributed by atoms with E-state index >= 15 is 0 Å². The molecular formula is C23H31N3O3S. The first-order valence-corrected chi connectivity index (χ1v) is 12.1. The van der Waals surface area contributed by atoms with Crippen molar-refractivity contribution in [3.05, 3.63) is 40.5 Å². The highest BCUT2D eigenvalue weighted by molar-refractivity contribution is 8.02. The van der Waals surface area contributed by atoms with E-state index in [1.165, 1.54) is 32.1 Å². The van der Waals surface area contributed by atoms with E-state index < -0.39 is 0 Å². The van der Waals surface area contributed by atoms with E-state index in [0.29, 0.717) is 29.7 Å². The highest BCUT2D eigenvalue weighted by atomic mass is 32.2. The zero-order chi connectivity index (χ0) is 20.9. The first-order chi connectivity index (χ1) is 14.6. The molecule has 1 aromatic rings. The smallest absolute Gasteiger partial charge is 0.291 e. The summed E-state index contributed by atoms with van der Waals surface area (Å²) in [6, 6.07) is 6.24. The van der Waals surface area contributed by atoms with Gasteiger partial charge in [-0.3, -0.25) is 14.5 Å². The van der Waals surface area contributed by atoms with Crippen molar-refractivity contribution in [3.63, 3.8) is 0 Å². The number of aryl methyl sites for hydroxylation is 1. The molecule has 0 atom stereocenters. The number of rotatable bonds is 4. The summed E-state index contributed by atoms with van der Waals surface area (Å²) in [4.78, 5) is 30.1. The summed E-state index contributed by atoms with van der Waals surface area (Å²) >= 11 is 1.57. The molecule has 0 unspecified atom stereocenters. The quantitative estimate of drug-likeness (QED) is 0.792. The Bertz CT molecular complexity index is 812. The topological polar surface area (TPSA) is 61.9 Å². The van der Waals surface area contributed by atoms with Crippen molar-refractivity contribution in [2.45, 2.75) is 45.1 Å². The SMILES string of the molecule is Cc1ccc(C(=O)N2CCN(C3CCCCC3)CC2)cc1NC(=O)C1=CSCCO1. The number of piperazine rings is 1. The summed E-state index contributed by atoms with van der Waals surface area (Å²) in [6.45, 7) is 5.90. The lowest BCUT2D eigenvalue weighted by molar-refractivity contribution is -0.116. The van der Waals surface area contributed by atoms with Crippen molar-refractivity contribution in [1.82, 2.24) is 9.80 Å². The number of carbonyl (C=O) groups is 2. The second kappa shape index (κ2) is 9.88. The van der Waals surface area contributed by atoms with Crippen molar-refractivity contribution < 1.29 is 14.3 Å². The average Bonchev–Trinajstić information content (AvgIpc) is 2.81. The van der Waals surface area contributed by atoms with E-state index in [0.717, 1.165) is 37.5 Å². The third-order valence-electron chi connectivity index (χ3n) is 6.30. The van der Waals surface area contributed by atoms with E-state index in [-0.39, 0.29) is 11.8 Å². The number of hydrogen-bond donors (Lipinski definition) is 1. The van der Waals surface area contributed by atoms with Gasteiger partial charge in [0.05, 0.1) is 6.61 Å². The van der Waals surface area contributed by atoms with Crippen LogP contribution in [0, 0.1) is 6.92 Å². The maximum absolute atomic E-state index is 13.1. The average molecular weight is 430 g/mol. The van der Waals surface area contributed by atoms with Crippen LogP contribution in [0.3, 0.4) is 0 Å². The molecular weight excluding hydrogens is 398 g/mol. The van der Waals surface area contributed by atoms with Gasteiger partial charge in [0, 0.05) is 54.6 Å². The van der Waals surface area contributed by atoms with Gasteiger partial charge in [0.15, 0.2) is 5.76 Å². The van der Waals surface area contributed by atoms with E-state index in [2.05, 4.69) is 10.2 Å². The molecule has 1 N–H and O–H groups in total. The van der Waals surface area contributed by atoms with Gasteiger partial charge >= 0.3 is 0 Å². The maximum atomic E-state index is 13.1. The summed E-state index contributed by atoms with van der Waals surface area (Å²) in [7, 11) is 0. The first kappa shape index (κ1) is 21.2. The number of ether oxygens (including phenoxy) is 1. The van der Waals surface area contributed by atoms with Crippen LogP contribution in [0.15, 0.2) is 29.4 Å². The molecule has 0 bridgehead atoms. The van der Waals surface area contributed by atoms with Gasteiger partial charge in [-0.1, -0.05) is 25.3 Å². The fourth-order valence-corrected chi connectivity index (χ4v) is 5.10. The van der Waals surface area contributed by atoms with Gasteiger partial charge in [0.1, 0.15) is 0 Å². The Kier molecular flexibility index (Phi) is 7.00. The molecule has 2 heterocycles. The standard InChI is InChI=1S/C23H31N3O3S/c1-17-7-8-18(15-20(17)24-22(27)21-16-30-14-13-29-21)23(28)26-11-9-25(10-12-26)19-5-3-2-4-6-19/h7-8,15-16,19H,2-6,9-14H2,1H3,(H,24,27). The van der Waals surface area contributed by atoms with Crippen LogP contribution in [0.2, 0.25) is 0 Å². The molecule has 0 radical (unpaired) electrons. The predicted octanol–water partition coefficient (Wildman–Crippen LogP) is 3.63. The van der Waals surface area contributed by atoms with Crippen LogP contribution in [-0.4, -0.2) is 66.2 Å². The minimum absolute atomic E-state index is 0.0393. The van der Waals surface area contributed by atoms with Crippen LogP contribution in [-0.2, 0) is 9.53 Å². The van der Waals surface area contributed by atoms with Crippen molar-refractivity contribution in [3.8, 4) is 0 Å². The molecule has 30 heavy (non-hydrogen) atoms. The van der Waals surface area contributed by atoms with Crippen LogP contribution in [0.1, 0.15) is 48.0 Å². The van der Waals surface area contributed by atoms with Crippen molar-refractivity contribution in [2.24, 2.45) is 0 Å². The fourth-order valence-electron chi connectivity index (χ4n) is 4.48.